The lowest BCUT2D eigenvalue weighted by atomic mass is 10.00. The molecule has 122 valence electrons. The van der Waals surface area contributed by atoms with Gasteiger partial charge in [-0.2, -0.15) is 0 Å². The quantitative estimate of drug-likeness (QED) is 0.870. The van der Waals surface area contributed by atoms with Gasteiger partial charge in [-0.25, -0.2) is 0 Å². The van der Waals surface area contributed by atoms with Crippen molar-refractivity contribution in [1.82, 2.24) is 15.2 Å². The predicted octanol–water partition coefficient (Wildman–Crippen LogP) is 0.993. The maximum atomic E-state index is 12.1. The van der Waals surface area contributed by atoms with Crippen molar-refractivity contribution < 1.29 is 9.53 Å². The minimum Gasteiger partial charge on any atom is -0.373 e. The molecular weight excluding hydrogens is 282 g/mol. The molecule has 1 aliphatic heterocycles. The summed E-state index contributed by atoms with van der Waals surface area (Å²) in [6.07, 6.45) is 1.82. The lowest BCUT2D eigenvalue weighted by Crippen LogP contribution is -2.58. The van der Waals surface area contributed by atoms with E-state index in [0.29, 0.717) is 12.1 Å². The van der Waals surface area contributed by atoms with Gasteiger partial charge in [-0.1, -0.05) is 0 Å². The molecule has 0 saturated carbocycles. The number of nitrogens with zero attached hydrogens (tertiary/aromatic N) is 1. The summed E-state index contributed by atoms with van der Waals surface area (Å²) < 4.78 is 5.75. The van der Waals surface area contributed by atoms with E-state index in [0.717, 1.165) is 13.1 Å². The second-order valence-corrected chi connectivity index (χ2v) is 6.60. The van der Waals surface area contributed by atoms with Crippen LogP contribution >= 0.6 is 0 Å². The third kappa shape index (κ3) is 4.18. The Labute approximate surface area is 130 Å². The predicted molar refractivity (Wildman–Crippen MR) is 85.1 cm³/mol. The maximum absolute atomic E-state index is 12.1. The Kier molecular flexibility index (Phi) is 5.03. The smallest absolute Gasteiger partial charge is 0.252 e. The molecule has 2 N–H and O–H groups in total. The summed E-state index contributed by atoms with van der Waals surface area (Å²) in [4.78, 5) is 28.0. The van der Waals surface area contributed by atoms with Gasteiger partial charge in [-0.15, -0.1) is 0 Å². The minimum atomic E-state index is -0.215. The monoisotopic (exact) mass is 307 g/mol. The van der Waals surface area contributed by atoms with Crippen LogP contribution in [-0.4, -0.2) is 53.2 Å². The minimum absolute atomic E-state index is 0.163. The highest BCUT2D eigenvalue weighted by atomic mass is 16.5. The van der Waals surface area contributed by atoms with Crippen LogP contribution in [0.4, 0.5) is 0 Å². The second-order valence-electron chi connectivity index (χ2n) is 6.60. The van der Waals surface area contributed by atoms with Gasteiger partial charge in [-0.3, -0.25) is 14.5 Å². The molecule has 2 atom stereocenters. The molecule has 0 radical (unpaired) electrons. The molecule has 22 heavy (non-hydrogen) atoms. The molecule has 0 aliphatic carbocycles. The lowest BCUT2D eigenvalue weighted by molar-refractivity contribution is -0.0948. The maximum Gasteiger partial charge on any atom is 0.252 e. The highest BCUT2D eigenvalue weighted by Crippen LogP contribution is 2.20. The first-order valence-corrected chi connectivity index (χ1v) is 7.65. The third-order valence-corrected chi connectivity index (χ3v) is 4.00. The molecule has 0 aromatic carbocycles. The van der Waals surface area contributed by atoms with Crippen molar-refractivity contribution in [3.05, 3.63) is 34.2 Å². The van der Waals surface area contributed by atoms with Gasteiger partial charge >= 0.3 is 0 Å². The lowest BCUT2D eigenvalue weighted by Gasteiger charge is -2.45. The molecule has 2 rings (SSSR count). The molecular formula is C16H25N3O3. The number of carbonyl (C=O) groups excluding carboxylic acids is 1. The fourth-order valence-corrected chi connectivity index (χ4v) is 2.73. The molecule has 0 spiro atoms. The van der Waals surface area contributed by atoms with Gasteiger partial charge in [0.2, 0.25) is 5.56 Å². The Bertz CT molecular complexity index is 552. The standard InChI is InChI=1S/C16H25N3O3/c1-11-8-19(9-12(2)22-11)16(3,4)10-18-15(21)13-5-6-14(20)17-7-13/h5-7,11-12H,8-10H2,1-4H3,(H,17,20)(H,18,21)/t11-,12+. The zero-order valence-corrected chi connectivity index (χ0v) is 13.7. The Morgan fingerprint density at radius 3 is 2.55 bits per heavy atom. The number of ether oxygens (including phenoxy) is 1. The number of carbonyl (C=O) groups is 1. The number of morpholine rings is 1. The number of amides is 1. The first kappa shape index (κ1) is 16.7. The zero-order valence-electron chi connectivity index (χ0n) is 13.7. The largest absolute Gasteiger partial charge is 0.373 e. The molecule has 1 aromatic rings. The SMILES string of the molecule is C[C@@H]1CN(C(C)(C)CNC(=O)c2ccc(=O)[nH]c2)C[C@H](C)O1. The number of aromatic nitrogens is 1. The van der Waals surface area contributed by atoms with Crippen LogP contribution < -0.4 is 10.9 Å². The Morgan fingerprint density at radius 1 is 1.36 bits per heavy atom. The molecule has 0 bridgehead atoms. The Balaban J connectivity index is 1.95. The number of pyridine rings is 1. The van der Waals surface area contributed by atoms with E-state index in [1.807, 2.05) is 0 Å². The summed E-state index contributed by atoms with van der Waals surface area (Å²) in [5.41, 5.74) is 0.0803. The summed E-state index contributed by atoms with van der Waals surface area (Å²) in [7, 11) is 0. The average molecular weight is 307 g/mol. The van der Waals surface area contributed by atoms with Crippen LogP contribution in [-0.2, 0) is 4.74 Å². The van der Waals surface area contributed by atoms with E-state index >= 15 is 0 Å². The van der Waals surface area contributed by atoms with Crippen molar-refractivity contribution in [1.29, 1.82) is 0 Å². The van der Waals surface area contributed by atoms with Crippen molar-refractivity contribution in [2.75, 3.05) is 19.6 Å². The van der Waals surface area contributed by atoms with Crippen LogP contribution in [0, 0.1) is 0 Å². The normalized spacial score (nSPS) is 23.3. The highest BCUT2D eigenvalue weighted by molar-refractivity contribution is 5.93. The van der Waals surface area contributed by atoms with Crippen molar-refractivity contribution in [3.63, 3.8) is 0 Å². The zero-order chi connectivity index (χ0) is 16.3. The van der Waals surface area contributed by atoms with Gasteiger partial charge in [0.25, 0.3) is 5.91 Å². The molecule has 2 heterocycles. The topological polar surface area (TPSA) is 74.4 Å². The highest BCUT2D eigenvalue weighted by Gasteiger charge is 2.33. The molecule has 6 heteroatoms. The average Bonchev–Trinajstić information content (AvgIpc) is 2.44. The van der Waals surface area contributed by atoms with E-state index < -0.39 is 0 Å². The molecule has 1 aliphatic rings. The molecule has 6 nitrogen and oxygen atoms in total. The molecule has 0 unspecified atom stereocenters. The summed E-state index contributed by atoms with van der Waals surface area (Å²) in [6.45, 7) is 10.6. The van der Waals surface area contributed by atoms with Gasteiger partial charge < -0.3 is 15.0 Å². The summed E-state index contributed by atoms with van der Waals surface area (Å²) in [6, 6.07) is 2.88. The molecule has 1 aromatic heterocycles. The Morgan fingerprint density at radius 2 is 2.00 bits per heavy atom. The van der Waals surface area contributed by atoms with Gasteiger partial charge in [0.15, 0.2) is 0 Å². The van der Waals surface area contributed by atoms with E-state index in [4.69, 9.17) is 4.74 Å². The van der Waals surface area contributed by atoms with Gasteiger partial charge in [-0.05, 0) is 33.8 Å². The van der Waals surface area contributed by atoms with Gasteiger partial charge in [0.1, 0.15) is 0 Å². The van der Waals surface area contributed by atoms with Gasteiger partial charge in [0.05, 0.1) is 17.8 Å². The van der Waals surface area contributed by atoms with Crippen LogP contribution in [0.1, 0.15) is 38.1 Å². The van der Waals surface area contributed by atoms with E-state index in [1.54, 1.807) is 0 Å². The van der Waals surface area contributed by atoms with Crippen LogP contribution in [0.5, 0.6) is 0 Å². The summed E-state index contributed by atoms with van der Waals surface area (Å²) in [5, 5.41) is 2.94. The third-order valence-electron chi connectivity index (χ3n) is 4.00. The summed E-state index contributed by atoms with van der Waals surface area (Å²) in [5.74, 6) is -0.182. The number of hydrogen-bond acceptors (Lipinski definition) is 4. The van der Waals surface area contributed by atoms with Gasteiger partial charge in [0, 0.05) is 37.4 Å². The van der Waals surface area contributed by atoms with Crippen LogP contribution in [0.2, 0.25) is 0 Å². The van der Waals surface area contributed by atoms with Crippen molar-refractivity contribution in [2.24, 2.45) is 0 Å². The second kappa shape index (κ2) is 6.62. The Hall–Kier alpha value is -1.66. The fourth-order valence-electron chi connectivity index (χ4n) is 2.73. The molecule has 1 amide bonds. The van der Waals surface area contributed by atoms with Crippen LogP contribution in [0.3, 0.4) is 0 Å². The van der Waals surface area contributed by atoms with Crippen LogP contribution in [0.25, 0.3) is 0 Å². The number of aromatic amines is 1. The number of rotatable bonds is 4. The van der Waals surface area contributed by atoms with E-state index in [9.17, 15) is 9.59 Å². The molecule has 1 fully saturated rings. The van der Waals surface area contributed by atoms with Crippen LogP contribution in [0.15, 0.2) is 23.1 Å². The van der Waals surface area contributed by atoms with Crippen molar-refractivity contribution >= 4 is 5.91 Å². The summed E-state index contributed by atoms with van der Waals surface area (Å²) >= 11 is 0. The molecule has 1 saturated heterocycles. The number of nitrogens with one attached hydrogen (secondary N) is 2. The van der Waals surface area contributed by atoms with E-state index in [1.165, 1.54) is 18.3 Å². The van der Waals surface area contributed by atoms with Crippen molar-refractivity contribution in [2.45, 2.75) is 45.4 Å². The number of H-pyrrole nitrogens is 1. The fraction of sp³-hybridized carbons (Fsp3) is 0.625. The van der Waals surface area contributed by atoms with E-state index in [-0.39, 0.29) is 29.2 Å². The first-order valence-electron chi connectivity index (χ1n) is 7.65. The van der Waals surface area contributed by atoms with E-state index in [2.05, 4.69) is 42.9 Å². The van der Waals surface area contributed by atoms with Crippen molar-refractivity contribution in [3.8, 4) is 0 Å². The first-order chi connectivity index (χ1) is 10.3. The number of hydrogen-bond donors (Lipinski definition) is 2.